The summed E-state index contributed by atoms with van der Waals surface area (Å²) in [5.74, 6) is 0. The van der Waals surface area contributed by atoms with Gasteiger partial charge >= 0.3 is 0 Å². The molecule has 0 fully saturated rings. The van der Waals surface area contributed by atoms with Gasteiger partial charge in [-0.3, -0.25) is 0 Å². The van der Waals surface area contributed by atoms with E-state index in [1.807, 2.05) is 27.7 Å². The monoisotopic (exact) mass is 310 g/mol. The second kappa shape index (κ2) is 18.3. The van der Waals surface area contributed by atoms with Gasteiger partial charge in [-0.2, -0.15) is 0 Å². The van der Waals surface area contributed by atoms with Crippen molar-refractivity contribution >= 4 is 0 Å². The van der Waals surface area contributed by atoms with Crippen LogP contribution in [-0.4, -0.2) is 0 Å². The SMILES string of the molecule is CC.CC.CC(C)(C)C.CC(C)(C)c1ccccc1.CCC. The molecule has 1 aromatic rings. The molecule has 0 spiro atoms. The molecule has 0 saturated heterocycles. The molecular formula is C22H46. The average Bonchev–Trinajstić information content (AvgIpc) is 2.42. The van der Waals surface area contributed by atoms with Crippen molar-refractivity contribution in [3.05, 3.63) is 35.9 Å². The van der Waals surface area contributed by atoms with Crippen LogP contribution in [0.25, 0.3) is 0 Å². The van der Waals surface area contributed by atoms with E-state index >= 15 is 0 Å². The molecule has 0 heterocycles. The highest BCUT2D eigenvalue weighted by Gasteiger charge is 2.11. The third-order valence-corrected chi connectivity index (χ3v) is 1.64. The lowest BCUT2D eigenvalue weighted by atomic mass is 9.87. The van der Waals surface area contributed by atoms with E-state index in [-0.39, 0.29) is 0 Å². The molecule has 0 saturated carbocycles. The van der Waals surface area contributed by atoms with E-state index in [9.17, 15) is 0 Å². The molecule has 134 valence electrons. The maximum atomic E-state index is 2.22. The molecule has 0 aliphatic heterocycles. The summed E-state index contributed by atoms with van der Waals surface area (Å²) in [5, 5.41) is 0. The van der Waals surface area contributed by atoms with Crippen LogP contribution in [0, 0.1) is 5.41 Å². The van der Waals surface area contributed by atoms with E-state index in [0.717, 1.165) is 0 Å². The lowest BCUT2D eigenvalue weighted by molar-refractivity contribution is 0.469. The van der Waals surface area contributed by atoms with Crippen molar-refractivity contribution in [2.45, 2.75) is 102 Å². The number of hydrogen-bond acceptors (Lipinski definition) is 0. The predicted molar refractivity (Wildman–Crippen MR) is 109 cm³/mol. The third kappa shape index (κ3) is 36.5. The molecule has 0 aliphatic carbocycles. The summed E-state index contributed by atoms with van der Waals surface area (Å²) in [4.78, 5) is 0. The summed E-state index contributed by atoms with van der Waals surface area (Å²) in [6.07, 6.45) is 1.25. The van der Waals surface area contributed by atoms with Gasteiger partial charge in [-0.25, -0.2) is 0 Å². The van der Waals surface area contributed by atoms with Crippen LogP contribution in [0.5, 0.6) is 0 Å². The van der Waals surface area contributed by atoms with Crippen molar-refractivity contribution in [1.82, 2.24) is 0 Å². The van der Waals surface area contributed by atoms with Crippen molar-refractivity contribution in [2.75, 3.05) is 0 Å². The molecule has 0 N–H and O–H groups in total. The molecule has 0 amide bonds. The third-order valence-electron chi connectivity index (χ3n) is 1.64. The highest BCUT2D eigenvalue weighted by atomic mass is 14.2. The topological polar surface area (TPSA) is 0 Å². The maximum absolute atomic E-state index is 2.22. The summed E-state index contributed by atoms with van der Waals surface area (Å²) in [6, 6.07) is 10.6. The Hall–Kier alpha value is -0.780. The van der Waals surface area contributed by atoms with Gasteiger partial charge in [0.1, 0.15) is 0 Å². The van der Waals surface area contributed by atoms with Gasteiger partial charge in [-0.05, 0) is 16.4 Å². The number of benzene rings is 1. The van der Waals surface area contributed by atoms with Gasteiger partial charge in [0.2, 0.25) is 0 Å². The van der Waals surface area contributed by atoms with Gasteiger partial charge in [0.25, 0.3) is 0 Å². The first-order valence-corrected chi connectivity index (χ1v) is 9.07. The fourth-order valence-corrected chi connectivity index (χ4v) is 0.938. The zero-order chi connectivity index (χ0) is 18.8. The molecule has 0 unspecified atom stereocenters. The van der Waals surface area contributed by atoms with Crippen LogP contribution in [-0.2, 0) is 5.41 Å². The average molecular weight is 311 g/mol. The first-order chi connectivity index (χ1) is 10.0. The lowest BCUT2D eigenvalue weighted by Gasteiger charge is -2.18. The van der Waals surface area contributed by atoms with E-state index in [1.54, 1.807) is 0 Å². The largest absolute Gasteiger partial charge is 0.0683 e. The molecule has 1 aromatic carbocycles. The summed E-state index contributed by atoms with van der Waals surface area (Å²) >= 11 is 0. The van der Waals surface area contributed by atoms with Crippen LogP contribution in [0.2, 0.25) is 0 Å². The maximum Gasteiger partial charge on any atom is -0.0132 e. The predicted octanol–water partition coefficient (Wildman–Crippen LogP) is 8.51. The smallest absolute Gasteiger partial charge is 0.0132 e. The zero-order valence-corrected chi connectivity index (χ0v) is 18.1. The minimum absolute atomic E-state index is 0.293. The lowest BCUT2D eigenvalue weighted by Crippen LogP contribution is -2.10. The van der Waals surface area contributed by atoms with Crippen LogP contribution in [0.3, 0.4) is 0 Å². The Morgan fingerprint density at radius 2 is 0.864 bits per heavy atom. The van der Waals surface area contributed by atoms with Gasteiger partial charge < -0.3 is 0 Å². The van der Waals surface area contributed by atoms with Crippen molar-refractivity contribution in [3.63, 3.8) is 0 Å². The van der Waals surface area contributed by atoms with E-state index in [1.165, 1.54) is 12.0 Å². The van der Waals surface area contributed by atoms with E-state index in [2.05, 4.69) is 92.6 Å². The van der Waals surface area contributed by atoms with Crippen LogP contribution in [0.15, 0.2) is 30.3 Å². The molecule has 22 heavy (non-hydrogen) atoms. The zero-order valence-electron chi connectivity index (χ0n) is 18.1. The highest BCUT2D eigenvalue weighted by molar-refractivity contribution is 5.21. The molecule has 1 rings (SSSR count). The van der Waals surface area contributed by atoms with Crippen molar-refractivity contribution in [2.24, 2.45) is 5.41 Å². The Bertz CT molecular complexity index is 263. The Morgan fingerprint density at radius 3 is 1.00 bits per heavy atom. The Balaban J connectivity index is -0.000000115. The van der Waals surface area contributed by atoms with E-state index in [4.69, 9.17) is 0 Å². The fourth-order valence-electron chi connectivity index (χ4n) is 0.938. The Morgan fingerprint density at radius 1 is 0.636 bits per heavy atom. The molecule has 0 atom stereocenters. The van der Waals surface area contributed by atoms with Crippen LogP contribution in [0.4, 0.5) is 0 Å². The Labute approximate surface area is 143 Å². The first kappa shape index (κ1) is 29.3. The summed E-state index contributed by atoms with van der Waals surface area (Å²) in [5.41, 5.74) is 2.19. The Kier molecular flexibility index (Phi) is 24.3. The summed E-state index contributed by atoms with van der Waals surface area (Å²) in [7, 11) is 0. The molecular weight excluding hydrogens is 264 g/mol. The molecule has 0 aromatic heterocycles. The minimum atomic E-state index is 0.293. The molecule has 0 radical (unpaired) electrons. The van der Waals surface area contributed by atoms with Gasteiger partial charge in [0.05, 0.1) is 0 Å². The quantitative estimate of drug-likeness (QED) is 0.450. The van der Waals surface area contributed by atoms with Crippen molar-refractivity contribution in [3.8, 4) is 0 Å². The molecule has 0 heteroatoms. The number of rotatable bonds is 0. The second-order valence-electron chi connectivity index (χ2n) is 7.32. The molecule has 0 bridgehead atoms. The van der Waals surface area contributed by atoms with Gasteiger partial charge in [0.15, 0.2) is 0 Å². The van der Waals surface area contributed by atoms with E-state index < -0.39 is 0 Å². The van der Waals surface area contributed by atoms with Gasteiger partial charge in [-0.1, -0.05) is 127 Å². The normalized spacial score (nSPS) is 9.32. The van der Waals surface area contributed by atoms with Gasteiger partial charge in [0, 0.05) is 0 Å². The fraction of sp³-hybridized carbons (Fsp3) is 0.727. The second-order valence-corrected chi connectivity index (χ2v) is 7.32. The van der Waals surface area contributed by atoms with Gasteiger partial charge in [-0.15, -0.1) is 0 Å². The molecule has 0 nitrogen and oxygen atoms in total. The highest BCUT2D eigenvalue weighted by Crippen LogP contribution is 2.20. The standard InChI is InChI=1S/C10H14.C5H12.C3H8.2C2H6/c1-10(2,3)9-7-5-4-6-8-9;1-5(2,3)4;1-3-2;2*1-2/h4-8H,1-3H3;1-4H3;3H2,1-2H3;2*1-2H3. The summed E-state index contributed by atoms with van der Waals surface area (Å²) in [6.45, 7) is 27.7. The van der Waals surface area contributed by atoms with Crippen molar-refractivity contribution in [1.29, 1.82) is 0 Å². The first-order valence-electron chi connectivity index (χ1n) is 9.07. The number of hydrogen-bond donors (Lipinski definition) is 0. The molecule has 0 aliphatic rings. The van der Waals surface area contributed by atoms with E-state index in [0.29, 0.717) is 10.8 Å². The minimum Gasteiger partial charge on any atom is -0.0683 e. The summed E-state index contributed by atoms with van der Waals surface area (Å²) < 4.78 is 0. The van der Waals surface area contributed by atoms with Crippen molar-refractivity contribution < 1.29 is 0 Å². The van der Waals surface area contributed by atoms with Crippen LogP contribution >= 0.6 is 0 Å². The van der Waals surface area contributed by atoms with Crippen LogP contribution < -0.4 is 0 Å². The van der Waals surface area contributed by atoms with Crippen LogP contribution in [0.1, 0.15) is 102 Å².